The summed E-state index contributed by atoms with van der Waals surface area (Å²) in [6.07, 6.45) is 2.00. The van der Waals surface area contributed by atoms with Crippen molar-refractivity contribution in [3.8, 4) is 5.69 Å². The second-order valence-electron chi connectivity index (χ2n) is 10.1. The number of thiophene rings is 1. The summed E-state index contributed by atoms with van der Waals surface area (Å²) in [7, 11) is 0. The molecule has 5 aromatic rings. The fraction of sp³-hybridized carbons (Fsp3) is 0.290. The van der Waals surface area contributed by atoms with E-state index in [0.29, 0.717) is 19.4 Å². The van der Waals surface area contributed by atoms with Crippen LogP contribution in [0.15, 0.2) is 72.1 Å². The first-order chi connectivity index (χ1) is 19.0. The molecule has 6 rings (SSSR count). The van der Waals surface area contributed by atoms with E-state index < -0.39 is 0 Å². The molecule has 0 bridgehead atoms. The molecule has 0 N–H and O–H groups in total. The van der Waals surface area contributed by atoms with Gasteiger partial charge >= 0.3 is 0 Å². The van der Waals surface area contributed by atoms with Crippen molar-refractivity contribution >= 4 is 34.1 Å². The topological polar surface area (TPSA) is 67.2 Å². The molecule has 1 amide bonds. The van der Waals surface area contributed by atoms with Crippen LogP contribution in [0.2, 0.25) is 0 Å². The minimum absolute atomic E-state index is 0.195. The van der Waals surface area contributed by atoms with Gasteiger partial charge in [-0.3, -0.25) is 4.79 Å². The summed E-state index contributed by atoms with van der Waals surface area (Å²) < 4.78 is 1.93. The second kappa shape index (κ2) is 11.0. The van der Waals surface area contributed by atoms with Gasteiger partial charge in [-0.2, -0.15) is 5.10 Å². The Balaban J connectivity index is 1.36. The highest BCUT2D eigenvalue weighted by atomic mass is 32.1. The van der Waals surface area contributed by atoms with Gasteiger partial charge < -0.3 is 9.80 Å². The molecule has 198 valence electrons. The summed E-state index contributed by atoms with van der Waals surface area (Å²) in [5, 5.41) is 7.91. The van der Waals surface area contributed by atoms with Gasteiger partial charge in [0.15, 0.2) is 5.65 Å². The van der Waals surface area contributed by atoms with E-state index in [4.69, 9.17) is 15.1 Å². The van der Waals surface area contributed by atoms with E-state index in [1.165, 1.54) is 11.1 Å². The monoisotopic (exact) mass is 536 g/mol. The highest BCUT2D eigenvalue weighted by Crippen LogP contribution is 2.30. The Labute approximate surface area is 232 Å². The lowest BCUT2D eigenvalue weighted by molar-refractivity contribution is -0.130. The molecular formula is C31H32N6OS. The second-order valence-corrected chi connectivity index (χ2v) is 11.2. The Morgan fingerprint density at radius 3 is 2.49 bits per heavy atom. The number of amides is 1. The molecule has 4 heterocycles. The van der Waals surface area contributed by atoms with Crippen molar-refractivity contribution in [3.63, 3.8) is 0 Å². The van der Waals surface area contributed by atoms with Crippen LogP contribution < -0.4 is 4.90 Å². The number of rotatable bonds is 6. The van der Waals surface area contributed by atoms with Gasteiger partial charge in [-0.1, -0.05) is 54.1 Å². The van der Waals surface area contributed by atoms with Crippen LogP contribution in [0.4, 0.5) is 5.82 Å². The molecule has 1 aliphatic heterocycles. The zero-order chi connectivity index (χ0) is 26.8. The van der Waals surface area contributed by atoms with Gasteiger partial charge in [-0.25, -0.2) is 14.6 Å². The van der Waals surface area contributed by atoms with Gasteiger partial charge in [0, 0.05) is 37.5 Å². The average molecular weight is 537 g/mol. The van der Waals surface area contributed by atoms with Crippen molar-refractivity contribution < 1.29 is 4.79 Å². The van der Waals surface area contributed by atoms with E-state index in [9.17, 15) is 4.79 Å². The minimum Gasteiger partial charge on any atom is -0.354 e. The maximum atomic E-state index is 13.0. The van der Waals surface area contributed by atoms with Crippen LogP contribution in [0.3, 0.4) is 0 Å². The number of anilines is 1. The van der Waals surface area contributed by atoms with Crippen LogP contribution in [0.5, 0.6) is 0 Å². The quantitative estimate of drug-likeness (QED) is 0.292. The molecule has 8 heteroatoms. The molecule has 0 atom stereocenters. The Kier molecular flexibility index (Phi) is 7.11. The first-order valence-electron chi connectivity index (χ1n) is 13.5. The number of carbonyl (C=O) groups is 1. The number of para-hydroxylation sites is 1. The van der Waals surface area contributed by atoms with E-state index in [1.807, 2.05) is 52.2 Å². The summed E-state index contributed by atoms with van der Waals surface area (Å²) in [5.41, 5.74) is 5.11. The molecule has 0 spiro atoms. The summed E-state index contributed by atoms with van der Waals surface area (Å²) in [6.45, 7) is 7.11. The van der Waals surface area contributed by atoms with E-state index in [2.05, 4.69) is 48.2 Å². The van der Waals surface area contributed by atoms with Crippen molar-refractivity contribution in [2.45, 2.75) is 33.1 Å². The predicted molar refractivity (Wildman–Crippen MR) is 157 cm³/mol. The summed E-state index contributed by atoms with van der Waals surface area (Å²) in [5.74, 6) is 1.88. The number of carbonyl (C=O) groups excluding carboxylic acids is 1. The van der Waals surface area contributed by atoms with Gasteiger partial charge in [-0.15, -0.1) is 11.3 Å². The van der Waals surface area contributed by atoms with Crippen molar-refractivity contribution in [3.05, 3.63) is 99.6 Å². The number of aryl methyl sites for hydroxylation is 2. The van der Waals surface area contributed by atoms with E-state index in [-0.39, 0.29) is 5.91 Å². The molecule has 3 aromatic heterocycles. The number of aromatic nitrogens is 4. The van der Waals surface area contributed by atoms with Crippen LogP contribution in [-0.2, 0) is 17.6 Å². The van der Waals surface area contributed by atoms with E-state index in [1.54, 1.807) is 11.3 Å². The number of benzene rings is 2. The molecular weight excluding hydrogens is 504 g/mol. The summed E-state index contributed by atoms with van der Waals surface area (Å²) in [6, 6.07) is 22.7. The lowest BCUT2D eigenvalue weighted by Crippen LogP contribution is -2.36. The third-order valence-electron chi connectivity index (χ3n) is 7.27. The number of fused-ring (bicyclic) bond motifs is 1. The molecule has 39 heavy (non-hydrogen) atoms. The fourth-order valence-corrected chi connectivity index (χ4v) is 5.90. The highest BCUT2D eigenvalue weighted by Gasteiger charge is 2.25. The lowest BCUT2D eigenvalue weighted by Gasteiger charge is -2.24. The van der Waals surface area contributed by atoms with Gasteiger partial charge in [0.1, 0.15) is 11.6 Å². The lowest BCUT2D eigenvalue weighted by atomic mass is 10.1. The van der Waals surface area contributed by atoms with Crippen molar-refractivity contribution in [2.75, 3.05) is 31.1 Å². The number of hydrogen-bond donors (Lipinski definition) is 0. The molecule has 2 aromatic carbocycles. The largest absolute Gasteiger partial charge is 0.354 e. The predicted octanol–water partition coefficient (Wildman–Crippen LogP) is 5.37. The molecule has 0 unspecified atom stereocenters. The summed E-state index contributed by atoms with van der Waals surface area (Å²) >= 11 is 1.64. The first-order valence-corrected chi connectivity index (χ1v) is 14.4. The van der Waals surface area contributed by atoms with Crippen molar-refractivity contribution in [1.82, 2.24) is 24.6 Å². The third-order valence-corrected chi connectivity index (χ3v) is 8.14. The standard InChI is InChI=1S/C31H32N6OS/c1-22-11-13-24(14-12-22)20-27-32-30(29-23(2)34-37(31(29)33-27)25-8-4-3-5-9-25)36-16-7-15-35(17-18-36)28(38)21-26-10-6-19-39-26/h3-6,8-14,19H,7,15-18,20-21H2,1-2H3. The Bertz CT molecular complexity index is 1580. The molecule has 1 fully saturated rings. The van der Waals surface area contributed by atoms with Crippen LogP contribution >= 0.6 is 11.3 Å². The Morgan fingerprint density at radius 1 is 0.897 bits per heavy atom. The Hall–Kier alpha value is -4.04. The molecule has 0 saturated carbocycles. The smallest absolute Gasteiger partial charge is 0.227 e. The van der Waals surface area contributed by atoms with Crippen molar-refractivity contribution in [1.29, 1.82) is 0 Å². The third kappa shape index (κ3) is 5.43. The SMILES string of the molecule is Cc1ccc(Cc2nc(N3CCCN(C(=O)Cc4cccs4)CC3)c3c(C)nn(-c4ccccc4)c3n2)cc1. The van der Waals surface area contributed by atoms with E-state index in [0.717, 1.165) is 65.0 Å². The maximum Gasteiger partial charge on any atom is 0.227 e. The minimum atomic E-state index is 0.195. The normalized spacial score (nSPS) is 14.1. The Morgan fingerprint density at radius 2 is 1.72 bits per heavy atom. The molecule has 0 aliphatic carbocycles. The number of hydrogen-bond acceptors (Lipinski definition) is 6. The van der Waals surface area contributed by atoms with Gasteiger partial charge in [0.25, 0.3) is 0 Å². The van der Waals surface area contributed by atoms with E-state index >= 15 is 0 Å². The zero-order valence-corrected chi connectivity index (χ0v) is 23.2. The molecule has 1 saturated heterocycles. The van der Waals surface area contributed by atoms with Gasteiger partial charge in [-0.05, 0) is 49.4 Å². The summed E-state index contributed by atoms with van der Waals surface area (Å²) in [4.78, 5) is 28.7. The van der Waals surface area contributed by atoms with Crippen molar-refractivity contribution in [2.24, 2.45) is 0 Å². The first kappa shape index (κ1) is 25.2. The van der Waals surface area contributed by atoms with Gasteiger partial charge in [0.05, 0.1) is 23.2 Å². The van der Waals surface area contributed by atoms with Gasteiger partial charge in [0.2, 0.25) is 5.91 Å². The average Bonchev–Trinajstić information content (AvgIpc) is 3.49. The highest BCUT2D eigenvalue weighted by molar-refractivity contribution is 7.10. The maximum absolute atomic E-state index is 13.0. The molecule has 1 aliphatic rings. The van der Waals surface area contributed by atoms with Crippen LogP contribution in [0.25, 0.3) is 16.7 Å². The zero-order valence-electron chi connectivity index (χ0n) is 22.4. The van der Waals surface area contributed by atoms with Crippen LogP contribution in [-0.4, -0.2) is 56.7 Å². The number of nitrogens with zero attached hydrogens (tertiary/aromatic N) is 6. The van der Waals surface area contributed by atoms with Crippen LogP contribution in [0, 0.1) is 13.8 Å². The molecule has 0 radical (unpaired) electrons. The van der Waals surface area contributed by atoms with Crippen LogP contribution in [0.1, 0.15) is 33.9 Å². The molecule has 7 nitrogen and oxygen atoms in total. The fourth-order valence-electron chi connectivity index (χ4n) is 5.20.